The van der Waals surface area contributed by atoms with Crippen LogP contribution in [0.2, 0.25) is 0 Å². The van der Waals surface area contributed by atoms with Gasteiger partial charge in [0.1, 0.15) is 5.82 Å². The molecule has 4 rings (SSSR count). The Morgan fingerprint density at radius 2 is 1.88 bits per heavy atom. The number of nitrogens with zero attached hydrogens (tertiary/aromatic N) is 3. The van der Waals surface area contributed by atoms with Gasteiger partial charge in [0.05, 0.1) is 12.2 Å². The van der Waals surface area contributed by atoms with Crippen molar-refractivity contribution in [1.29, 1.82) is 0 Å². The first-order chi connectivity index (χ1) is 11.5. The van der Waals surface area contributed by atoms with Crippen LogP contribution in [0, 0.1) is 11.8 Å². The number of pyridine rings is 1. The number of piperazine rings is 1. The predicted molar refractivity (Wildman–Crippen MR) is 94.7 cm³/mol. The second kappa shape index (κ2) is 6.03. The molecule has 24 heavy (non-hydrogen) atoms. The topological polar surface area (TPSA) is 48.5 Å². The number of rotatable bonds is 3. The van der Waals surface area contributed by atoms with Crippen LogP contribution in [0.5, 0.6) is 0 Å². The van der Waals surface area contributed by atoms with Crippen molar-refractivity contribution in [3.05, 3.63) is 23.4 Å². The Hall–Kier alpha value is -1.62. The molecule has 1 amide bonds. The van der Waals surface area contributed by atoms with E-state index in [2.05, 4.69) is 36.2 Å². The Balaban J connectivity index is 1.53. The molecule has 0 aliphatic carbocycles. The zero-order valence-corrected chi connectivity index (χ0v) is 15.0. The molecule has 2 saturated heterocycles. The van der Waals surface area contributed by atoms with E-state index in [0.29, 0.717) is 31.1 Å². The predicted octanol–water partition coefficient (Wildman–Crippen LogP) is 2.16. The summed E-state index contributed by atoms with van der Waals surface area (Å²) in [6.07, 6.45) is 2.51. The fourth-order valence-corrected chi connectivity index (χ4v) is 4.27. The summed E-state index contributed by atoms with van der Waals surface area (Å²) in [5, 5.41) is 3.52. The van der Waals surface area contributed by atoms with Gasteiger partial charge in [-0.05, 0) is 30.4 Å². The summed E-state index contributed by atoms with van der Waals surface area (Å²) in [4.78, 5) is 22.1. The number of anilines is 1. The average molecular weight is 328 g/mol. The Morgan fingerprint density at radius 3 is 2.54 bits per heavy atom. The van der Waals surface area contributed by atoms with Gasteiger partial charge >= 0.3 is 0 Å². The fraction of sp³-hybridized carbons (Fsp3) is 0.684. The van der Waals surface area contributed by atoms with E-state index in [1.54, 1.807) is 0 Å². The SMILES string of the molecule is CC(C)[C@H](C)C(=O)N1Cc2ccc(N3C4CCC3CNC4)nc2C1. The lowest BCUT2D eigenvalue weighted by atomic mass is 9.97. The monoisotopic (exact) mass is 328 g/mol. The largest absolute Gasteiger partial charge is 0.348 e. The lowest BCUT2D eigenvalue weighted by molar-refractivity contribution is -0.137. The van der Waals surface area contributed by atoms with E-state index in [4.69, 9.17) is 4.98 Å². The minimum absolute atomic E-state index is 0.0720. The fourth-order valence-electron chi connectivity index (χ4n) is 4.27. The van der Waals surface area contributed by atoms with Gasteiger partial charge in [0, 0.05) is 37.6 Å². The quantitative estimate of drug-likeness (QED) is 0.924. The number of hydrogen-bond acceptors (Lipinski definition) is 4. The van der Waals surface area contributed by atoms with Gasteiger partial charge < -0.3 is 15.1 Å². The smallest absolute Gasteiger partial charge is 0.226 e. The first-order valence-electron chi connectivity index (χ1n) is 9.31. The Kier molecular flexibility index (Phi) is 3.99. The molecule has 130 valence electrons. The number of carbonyl (C=O) groups excluding carboxylic acids is 1. The van der Waals surface area contributed by atoms with E-state index in [1.165, 1.54) is 18.4 Å². The van der Waals surface area contributed by atoms with Crippen molar-refractivity contribution in [1.82, 2.24) is 15.2 Å². The van der Waals surface area contributed by atoms with Gasteiger partial charge in [-0.1, -0.05) is 26.8 Å². The molecule has 2 bridgehead atoms. The van der Waals surface area contributed by atoms with E-state index >= 15 is 0 Å². The molecule has 3 atom stereocenters. The second-order valence-corrected chi connectivity index (χ2v) is 7.95. The number of amides is 1. The maximum absolute atomic E-state index is 12.6. The molecule has 3 aliphatic heterocycles. The molecule has 1 aromatic rings. The molecular weight excluding hydrogens is 300 g/mol. The summed E-state index contributed by atoms with van der Waals surface area (Å²) in [6, 6.07) is 5.51. The third-order valence-electron chi connectivity index (χ3n) is 6.10. The normalized spacial score (nSPS) is 26.8. The third kappa shape index (κ3) is 2.59. The molecule has 1 N–H and O–H groups in total. The highest BCUT2D eigenvalue weighted by Gasteiger charge is 2.38. The molecule has 5 heteroatoms. The molecule has 1 aromatic heterocycles. The first kappa shape index (κ1) is 15.9. The van der Waals surface area contributed by atoms with E-state index in [-0.39, 0.29) is 11.8 Å². The average Bonchev–Trinajstić information content (AvgIpc) is 3.10. The van der Waals surface area contributed by atoms with Gasteiger partial charge in [0.2, 0.25) is 5.91 Å². The van der Waals surface area contributed by atoms with Crippen molar-refractivity contribution in [2.75, 3.05) is 18.0 Å². The summed E-state index contributed by atoms with van der Waals surface area (Å²) in [7, 11) is 0. The molecule has 0 spiro atoms. The number of hydrogen-bond donors (Lipinski definition) is 1. The lowest BCUT2D eigenvalue weighted by Crippen LogP contribution is -2.52. The first-order valence-corrected chi connectivity index (χ1v) is 9.31. The second-order valence-electron chi connectivity index (χ2n) is 7.95. The highest BCUT2D eigenvalue weighted by Crippen LogP contribution is 2.33. The number of fused-ring (bicyclic) bond motifs is 3. The molecule has 0 aromatic carbocycles. The van der Waals surface area contributed by atoms with Crippen LogP contribution in [0.25, 0.3) is 0 Å². The molecule has 5 nitrogen and oxygen atoms in total. The molecule has 0 radical (unpaired) electrons. The van der Waals surface area contributed by atoms with E-state index in [1.807, 2.05) is 11.8 Å². The highest BCUT2D eigenvalue weighted by molar-refractivity contribution is 5.79. The summed E-state index contributed by atoms with van der Waals surface area (Å²) in [5.41, 5.74) is 2.31. The van der Waals surface area contributed by atoms with E-state index in [0.717, 1.165) is 24.6 Å². The molecule has 3 aliphatic rings. The van der Waals surface area contributed by atoms with Crippen LogP contribution in [0.3, 0.4) is 0 Å². The minimum atomic E-state index is 0.0720. The zero-order chi connectivity index (χ0) is 16.8. The van der Waals surface area contributed by atoms with Crippen molar-refractivity contribution in [3.8, 4) is 0 Å². The lowest BCUT2D eigenvalue weighted by Gasteiger charge is -2.36. The van der Waals surface area contributed by atoms with Crippen LogP contribution in [-0.4, -0.2) is 41.0 Å². The van der Waals surface area contributed by atoms with Crippen LogP contribution in [0.1, 0.15) is 44.9 Å². The molecule has 2 fully saturated rings. The number of carbonyl (C=O) groups is 1. The maximum Gasteiger partial charge on any atom is 0.226 e. The van der Waals surface area contributed by atoms with Crippen LogP contribution in [-0.2, 0) is 17.9 Å². The van der Waals surface area contributed by atoms with Gasteiger partial charge in [-0.15, -0.1) is 0 Å². The Labute approximate surface area is 144 Å². The van der Waals surface area contributed by atoms with Crippen molar-refractivity contribution in [3.63, 3.8) is 0 Å². The number of aromatic nitrogens is 1. The summed E-state index contributed by atoms with van der Waals surface area (Å²) < 4.78 is 0. The Bertz CT molecular complexity index is 628. The minimum Gasteiger partial charge on any atom is -0.348 e. The molecule has 0 saturated carbocycles. The van der Waals surface area contributed by atoms with Crippen molar-refractivity contribution >= 4 is 11.7 Å². The van der Waals surface area contributed by atoms with Crippen LogP contribution in [0.4, 0.5) is 5.82 Å². The third-order valence-corrected chi connectivity index (χ3v) is 6.10. The van der Waals surface area contributed by atoms with Crippen molar-refractivity contribution in [2.45, 2.75) is 58.8 Å². The van der Waals surface area contributed by atoms with Crippen LogP contribution < -0.4 is 10.2 Å². The van der Waals surface area contributed by atoms with Gasteiger partial charge in [0.25, 0.3) is 0 Å². The van der Waals surface area contributed by atoms with Crippen molar-refractivity contribution in [2.24, 2.45) is 11.8 Å². The van der Waals surface area contributed by atoms with E-state index < -0.39 is 0 Å². The summed E-state index contributed by atoms with van der Waals surface area (Å²) in [6.45, 7) is 9.77. The maximum atomic E-state index is 12.6. The van der Waals surface area contributed by atoms with Crippen LogP contribution in [0.15, 0.2) is 12.1 Å². The van der Waals surface area contributed by atoms with Crippen LogP contribution >= 0.6 is 0 Å². The van der Waals surface area contributed by atoms with Crippen molar-refractivity contribution < 1.29 is 4.79 Å². The number of nitrogens with one attached hydrogen (secondary N) is 1. The van der Waals surface area contributed by atoms with Gasteiger partial charge in [-0.2, -0.15) is 0 Å². The molecular formula is C19H28N4O. The standard InChI is InChI=1S/C19H28N4O/c1-12(2)13(3)19(24)22-10-14-4-7-18(21-17(14)11-22)23-15-5-6-16(23)9-20-8-15/h4,7,12-13,15-16,20H,5-6,8-11H2,1-3H3/t13-,15?,16?/m0/s1. The molecule has 4 heterocycles. The zero-order valence-electron chi connectivity index (χ0n) is 15.0. The summed E-state index contributed by atoms with van der Waals surface area (Å²) in [5.74, 6) is 1.81. The Morgan fingerprint density at radius 1 is 1.17 bits per heavy atom. The van der Waals surface area contributed by atoms with Gasteiger partial charge in [-0.25, -0.2) is 4.98 Å². The van der Waals surface area contributed by atoms with E-state index in [9.17, 15) is 4.79 Å². The van der Waals surface area contributed by atoms with Gasteiger partial charge in [-0.3, -0.25) is 4.79 Å². The molecule has 2 unspecified atom stereocenters. The highest BCUT2D eigenvalue weighted by atomic mass is 16.2. The van der Waals surface area contributed by atoms with Gasteiger partial charge in [0.15, 0.2) is 0 Å². The summed E-state index contributed by atoms with van der Waals surface area (Å²) >= 11 is 0.